The molecule has 1 aromatic heterocycles. The van der Waals surface area contributed by atoms with Crippen molar-refractivity contribution in [3.05, 3.63) is 57.4 Å². The van der Waals surface area contributed by atoms with Crippen molar-refractivity contribution in [3.8, 4) is 0 Å². The third-order valence-corrected chi connectivity index (χ3v) is 6.34. The lowest BCUT2D eigenvalue weighted by Crippen LogP contribution is -2.35. The Morgan fingerprint density at radius 1 is 1.22 bits per heavy atom. The Bertz CT molecular complexity index is 833. The zero-order valence-corrected chi connectivity index (χ0v) is 17.0. The van der Waals surface area contributed by atoms with Crippen molar-refractivity contribution < 1.29 is 4.39 Å². The Labute approximate surface area is 164 Å². The van der Waals surface area contributed by atoms with Crippen LogP contribution in [0.15, 0.2) is 34.1 Å². The Balaban J connectivity index is 1.83. The summed E-state index contributed by atoms with van der Waals surface area (Å²) in [5.74, 6) is 0.398. The minimum absolute atomic E-state index is 0.149. The molecule has 146 valence electrons. The second-order valence-electron chi connectivity index (χ2n) is 6.93. The van der Waals surface area contributed by atoms with Crippen molar-refractivity contribution in [3.63, 3.8) is 0 Å². The highest BCUT2D eigenvalue weighted by molar-refractivity contribution is 7.98. The molecule has 4 nitrogen and oxygen atoms in total. The number of fused-ring (bicyclic) bond motifs is 1. The van der Waals surface area contributed by atoms with Crippen molar-refractivity contribution in [1.82, 2.24) is 14.5 Å². The lowest BCUT2D eigenvalue weighted by molar-refractivity contribution is 0.285. The highest BCUT2D eigenvalue weighted by Gasteiger charge is 2.20. The number of benzene rings is 1. The van der Waals surface area contributed by atoms with Gasteiger partial charge in [0.2, 0.25) is 0 Å². The number of rotatable bonds is 8. The Hall–Kier alpha value is -1.66. The van der Waals surface area contributed by atoms with Gasteiger partial charge in [0.25, 0.3) is 0 Å². The van der Waals surface area contributed by atoms with Gasteiger partial charge in [0, 0.05) is 30.1 Å². The van der Waals surface area contributed by atoms with Crippen molar-refractivity contribution in [2.24, 2.45) is 0 Å². The van der Waals surface area contributed by atoms with E-state index in [1.807, 2.05) is 10.6 Å². The van der Waals surface area contributed by atoms with E-state index in [2.05, 4.69) is 23.7 Å². The van der Waals surface area contributed by atoms with E-state index in [4.69, 9.17) is 0 Å². The van der Waals surface area contributed by atoms with Gasteiger partial charge in [-0.25, -0.2) is 9.18 Å². The maximum absolute atomic E-state index is 13.4. The van der Waals surface area contributed by atoms with Crippen LogP contribution in [-0.4, -0.2) is 34.1 Å². The van der Waals surface area contributed by atoms with Gasteiger partial charge in [-0.3, -0.25) is 4.57 Å². The maximum atomic E-state index is 13.4. The van der Waals surface area contributed by atoms with Gasteiger partial charge in [-0.2, -0.15) is 4.98 Å². The number of nitrogens with zero attached hydrogens (tertiary/aromatic N) is 3. The third kappa shape index (κ3) is 4.99. The Morgan fingerprint density at radius 2 is 2.00 bits per heavy atom. The smallest absolute Gasteiger partial charge is 0.302 e. The fraction of sp³-hybridized carbons (Fsp3) is 0.524. The zero-order chi connectivity index (χ0) is 19.2. The predicted molar refractivity (Wildman–Crippen MR) is 109 cm³/mol. The number of likely N-dealkylation sites (N-methyl/N-ethyl adjacent to an activating group) is 1. The number of halogens is 1. The summed E-state index contributed by atoms with van der Waals surface area (Å²) in [6.07, 6.45) is 4.17. The van der Waals surface area contributed by atoms with Gasteiger partial charge in [0.05, 0.1) is 0 Å². The van der Waals surface area contributed by atoms with E-state index in [1.54, 1.807) is 23.9 Å². The van der Waals surface area contributed by atoms with Crippen LogP contribution in [0.4, 0.5) is 4.39 Å². The van der Waals surface area contributed by atoms with Crippen LogP contribution in [0.5, 0.6) is 0 Å². The highest BCUT2D eigenvalue weighted by Crippen LogP contribution is 2.30. The summed E-state index contributed by atoms with van der Waals surface area (Å²) in [7, 11) is 0. The molecule has 0 saturated carbocycles. The van der Waals surface area contributed by atoms with Crippen LogP contribution in [0, 0.1) is 5.82 Å². The third-order valence-electron chi connectivity index (χ3n) is 5.25. The number of thioether (sulfide) groups is 1. The first-order valence-corrected chi connectivity index (χ1v) is 10.8. The molecule has 0 unspecified atom stereocenters. The molecule has 0 amide bonds. The molecule has 0 aliphatic heterocycles. The molecule has 1 heterocycles. The molecule has 1 aliphatic rings. The quantitative estimate of drug-likeness (QED) is 0.507. The van der Waals surface area contributed by atoms with E-state index in [-0.39, 0.29) is 11.5 Å². The van der Waals surface area contributed by atoms with Crippen LogP contribution >= 0.6 is 11.8 Å². The van der Waals surface area contributed by atoms with Gasteiger partial charge in [-0.1, -0.05) is 26.0 Å². The fourth-order valence-corrected chi connectivity index (χ4v) is 4.68. The average molecular weight is 390 g/mol. The molecule has 27 heavy (non-hydrogen) atoms. The maximum Gasteiger partial charge on any atom is 0.348 e. The van der Waals surface area contributed by atoms with Crippen LogP contribution in [0.2, 0.25) is 0 Å². The summed E-state index contributed by atoms with van der Waals surface area (Å²) in [6.45, 7) is 7.84. The first-order chi connectivity index (χ1) is 13.1. The molecule has 0 radical (unpaired) electrons. The Kier molecular flexibility index (Phi) is 7.07. The minimum Gasteiger partial charge on any atom is -0.302 e. The van der Waals surface area contributed by atoms with Crippen LogP contribution in [0.1, 0.15) is 43.5 Å². The molecule has 0 spiro atoms. The van der Waals surface area contributed by atoms with E-state index >= 15 is 0 Å². The lowest BCUT2D eigenvalue weighted by Gasteiger charge is -2.24. The fourth-order valence-electron chi connectivity index (χ4n) is 3.66. The van der Waals surface area contributed by atoms with Gasteiger partial charge >= 0.3 is 5.69 Å². The number of hydrogen-bond acceptors (Lipinski definition) is 4. The largest absolute Gasteiger partial charge is 0.348 e. The normalized spacial score (nSPS) is 13.8. The molecule has 1 aromatic carbocycles. The molecule has 0 saturated heterocycles. The lowest BCUT2D eigenvalue weighted by atomic mass is 9.97. The highest BCUT2D eigenvalue weighted by atomic mass is 32.2. The number of hydrogen-bond donors (Lipinski definition) is 0. The second kappa shape index (κ2) is 9.51. The van der Waals surface area contributed by atoms with Gasteiger partial charge in [-0.15, -0.1) is 11.8 Å². The molecule has 0 N–H and O–H groups in total. The molecule has 6 heteroatoms. The molecular formula is C21H28FN3OS. The minimum atomic E-state index is -0.227. The molecule has 0 bridgehead atoms. The molecule has 0 atom stereocenters. The predicted octanol–water partition coefficient (Wildman–Crippen LogP) is 3.90. The molecule has 2 aromatic rings. The molecule has 1 aliphatic carbocycles. The van der Waals surface area contributed by atoms with Gasteiger partial charge in [0.1, 0.15) is 10.8 Å². The summed E-state index contributed by atoms with van der Waals surface area (Å²) in [5.41, 5.74) is 3.15. The summed E-state index contributed by atoms with van der Waals surface area (Å²) in [5, 5.41) is 0.832. The zero-order valence-electron chi connectivity index (χ0n) is 16.2. The van der Waals surface area contributed by atoms with Crippen molar-refractivity contribution in [1.29, 1.82) is 0 Å². The first kappa shape index (κ1) is 20.1. The summed E-state index contributed by atoms with van der Waals surface area (Å²) >= 11 is 1.55. The van der Waals surface area contributed by atoms with Gasteiger partial charge < -0.3 is 4.90 Å². The Morgan fingerprint density at radius 3 is 2.74 bits per heavy atom. The summed E-state index contributed by atoms with van der Waals surface area (Å²) < 4.78 is 15.3. The van der Waals surface area contributed by atoms with E-state index in [0.717, 1.165) is 61.6 Å². The molecular weight excluding hydrogens is 361 g/mol. The van der Waals surface area contributed by atoms with E-state index in [0.29, 0.717) is 12.3 Å². The van der Waals surface area contributed by atoms with Crippen LogP contribution in [0.25, 0.3) is 0 Å². The van der Waals surface area contributed by atoms with Crippen molar-refractivity contribution in [2.75, 3.05) is 19.6 Å². The van der Waals surface area contributed by atoms with Crippen LogP contribution in [-0.2, 0) is 25.1 Å². The monoisotopic (exact) mass is 389 g/mol. The summed E-state index contributed by atoms with van der Waals surface area (Å²) in [6, 6.07) is 6.63. The second-order valence-corrected chi connectivity index (χ2v) is 7.89. The SMILES string of the molecule is CCN(CC)CCn1c2c(c(SCc3cccc(F)c3)nc1=O)CCCC2. The van der Waals surface area contributed by atoms with Crippen molar-refractivity contribution in [2.45, 2.75) is 56.9 Å². The van der Waals surface area contributed by atoms with E-state index in [9.17, 15) is 9.18 Å². The number of aromatic nitrogens is 2. The van der Waals surface area contributed by atoms with Gasteiger partial charge in [-0.05, 0) is 56.5 Å². The van der Waals surface area contributed by atoms with Crippen LogP contribution in [0.3, 0.4) is 0 Å². The van der Waals surface area contributed by atoms with Crippen LogP contribution < -0.4 is 5.69 Å². The van der Waals surface area contributed by atoms with E-state index < -0.39 is 0 Å². The standard InChI is InChI=1S/C21H28FN3OS/c1-3-24(4-2)12-13-25-19-11-6-5-10-18(19)20(23-21(25)26)27-15-16-8-7-9-17(22)14-16/h7-9,14H,3-6,10-13,15H2,1-2H3. The molecule has 0 fully saturated rings. The van der Waals surface area contributed by atoms with Gasteiger partial charge in [0.15, 0.2) is 0 Å². The summed E-state index contributed by atoms with van der Waals surface area (Å²) in [4.78, 5) is 19.5. The topological polar surface area (TPSA) is 38.1 Å². The van der Waals surface area contributed by atoms with E-state index in [1.165, 1.54) is 11.6 Å². The molecule has 3 rings (SSSR count). The average Bonchev–Trinajstić information content (AvgIpc) is 2.68. The first-order valence-electron chi connectivity index (χ1n) is 9.84. The van der Waals surface area contributed by atoms with Crippen molar-refractivity contribution >= 4 is 11.8 Å².